The van der Waals surface area contributed by atoms with E-state index in [0.717, 1.165) is 11.3 Å². The number of urea groups is 1. The minimum Gasteiger partial charge on any atom is -0.360 e. The maximum absolute atomic E-state index is 12.7. The average molecular weight is 391 g/mol. The van der Waals surface area contributed by atoms with Crippen molar-refractivity contribution in [3.63, 3.8) is 0 Å². The highest BCUT2D eigenvalue weighted by atomic mass is 32.2. The molecule has 0 saturated carbocycles. The SMILES string of the molecule is CSc1ccc(NC(=O)N(CCC(C)C)CC(=O)Nc2cc(C)on2)cc1. The van der Waals surface area contributed by atoms with Gasteiger partial charge < -0.3 is 20.1 Å². The number of anilines is 2. The highest BCUT2D eigenvalue weighted by Crippen LogP contribution is 2.18. The molecule has 0 unspecified atom stereocenters. The van der Waals surface area contributed by atoms with Crippen molar-refractivity contribution in [3.8, 4) is 0 Å². The van der Waals surface area contributed by atoms with Crippen molar-refractivity contribution in [1.29, 1.82) is 0 Å². The van der Waals surface area contributed by atoms with Crippen molar-refractivity contribution >= 4 is 35.2 Å². The Labute approximate surface area is 163 Å². The molecule has 0 aliphatic carbocycles. The molecule has 0 aliphatic rings. The zero-order valence-corrected chi connectivity index (χ0v) is 16.9. The van der Waals surface area contributed by atoms with Gasteiger partial charge in [0.15, 0.2) is 5.82 Å². The molecule has 3 amide bonds. The Balaban J connectivity index is 2.00. The van der Waals surface area contributed by atoms with E-state index in [1.54, 1.807) is 24.8 Å². The summed E-state index contributed by atoms with van der Waals surface area (Å²) in [5, 5.41) is 9.24. The van der Waals surface area contributed by atoms with Crippen molar-refractivity contribution in [2.45, 2.75) is 32.1 Å². The zero-order valence-electron chi connectivity index (χ0n) is 16.1. The van der Waals surface area contributed by atoms with Crippen molar-refractivity contribution in [3.05, 3.63) is 36.1 Å². The second-order valence-electron chi connectivity index (χ2n) is 6.63. The topological polar surface area (TPSA) is 87.5 Å². The van der Waals surface area contributed by atoms with E-state index in [4.69, 9.17) is 4.52 Å². The molecule has 27 heavy (non-hydrogen) atoms. The van der Waals surface area contributed by atoms with Crippen LogP contribution in [0, 0.1) is 12.8 Å². The summed E-state index contributed by atoms with van der Waals surface area (Å²) in [7, 11) is 0. The van der Waals surface area contributed by atoms with Crippen LogP contribution in [0.1, 0.15) is 26.0 Å². The lowest BCUT2D eigenvalue weighted by Gasteiger charge is -2.23. The van der Waals surface area contributed by atoms with Crippen LogP contribution in [-0.4, -0.2) is 41.3 Å². The van der Waals surface area contributed by atoms with Gasteiger partial charge in [-0.05, 0) is 49.8 Å². The monoisotopic (exact) mass is 390 g/mol. The summed E-state index contributed by atoms with van der Waals surface area (Å²) in [6.07, 6.45) is 2.80. The van der Waals surface area contributed by atoms with Crippen molar-refractivity contribution in [1.82, 2.24) is 10.1 Å². The quantitative estimate of drug-likeness (QED) is 0.659. The molecule has 0 bridgehead atoms. The Kier molecular flexibility index (Phi) is 7.72. The van der Waals surface area contributed by atoms with Gasteiger partial charge in [-0.2, -0.15) is 0 Å². The second kappa shape index (κ2) is 10.0. The normalized spacial score (nSPS) is 10.7. The molecule has 1 aromatic carbocycles. The van der Waals surface area contributed by atoms with Gasteiger partial charge in [-0.3, -0.25) is 4.79 Å². The van der Waals surface area contributed by atoms with Crippen LogP contribution in [0.25, 0.3) is 0 Å². The summed E-state index contributed by atoms with van der Waals surface area (Å²) in [5.41, 5.74) is 0.694. The van der Waals surface area contributed by atoms with E-state index in [9.17, 15) is 9.59 Å². The fourth-order valence-electron chi connectivity index (χ4n) is 2.32. The Morgan fingerprint density at radius 2 is 1.93 bits per heavy atom. The third-order valence-corrected chi connectivity index (χ3v) is 4.58. The van der Waals surface area contributed by atoms with Crippen LogP contribution in [0.4, 0.5) is 16.3 Å². The van der Waals surface area contributed by atoms with Crippen LogP contribution in [0.3, 0.4) is 0 Å². The predicted octanol–water partition coefficient (Wildman–Crippen LogP) is 4.22. The summed E-state index contributed by atoms with van der Waals surface area (Å²) in [6.45, 7) is 6.32. The number of nitrogens with one attached hydrogen (secondary N) is 2. The molecule has 2 rings (SSSR count). The number of nitrogens with zero attached hydrogens (tertiary/aromatic N) is 2. The minimum atomic E-state index is -0.320. The second-order valence-corrected chi connectivity index (χ2v) is 7.51. The van der Waals surface area contributed by atoms with E-state index in [1.165, 1.54) is 4.90 Å². The lowest BCUT2D eigenvalue weighted by Crippen LogP contribution is -2.41. The first kappa shape index (κ1) is 20.8. The van der Waals surface area contributed by atoms with Crippen LogP contribution >= 0.6 is 11.8 Å². The van der Waals surface area contributed by atoms with E-state index in [0.29, 0.717) is 29.7 Å². The number of hydrogen-bond acceptors (Lipinski definition) is 5. The molecule has 0 atom stereocenters. The molecule has 0 fully saturated rings. The number of carbonyl (C=O) groups excluding carboxylic acids is 2. The first-order valence-corrected chi connectivity index (χ1v) is 10.0. The standard InChI is InChI=1S/C19H26N4O3S/c1-13(2)9-10-23(12-18(24)21-17-11-14(3)26-22-17)19(25)20-15-5-7-16(27-4)8-6-15/h5-8,11,13H,9-10,12H2,1-4H3,(H,20,25)(H,21,22,24). The maximum Gasteiger partial charge on any atom is 0.322 e. The number of thioether (sulfide) groups is 1. The van der Waals surface area contributed by atoms with Gasteiger partial charge in [-0.1, -0.05) is 19.0 Å². The Hall–Kier alpha value is -2.48. The molecular formula is C19H26N4O3S. The molecule has 1 heterocycles. The van der Waals surface area contributed by atoms with Gasteiger partial charge in [0.25, 0.3) is 0 Å². The number of rotatable bonds is 8. The van der Waals surface area contributed by atoms with Gasteiger partial charge in [0, 0.05) is 23.2 Å². The number of aromatic nitrogens is 1. The summed E-state index contributed by atoms with van der Waals surface area (Å²) in [6, 6.07) is 8.91. The largest absolute Gasteiger partial charge is 0.360 e. The third-order valence-electron chi connectivity index (χ3n) is 3.83. The first-order chi connectivity index (χ1) is 12.9. The first-order valence-electron chi connectivity index (χ1n) is 8.80. The highest BCUT2D eigenvalue weighted by molar-refractivity contribution is 7.98. The van der Waals surface area contributed by atoms with Crippen molar-refractivity contribution < 1.29 is 14.1 Å². The number of benzene rings is 1. The van der Waals surface area contributed by atoms with E-state index in [1.807, 2.05) is 30.5 Å². The van der Waals surface area contributed by atoms with Gasteiger partial charge in [0.1, 0.15) is 12.3 Å². The smallest absolute Gasteiger partial charge is 0.322 e. The van der Waals surface area contributed by atoms with Crippen molar-refractivity contribution in [2.24, 2.45) is 5.92 Å². The predicted molar refractivity (Wildman–Crippen MR) is 108 cm³/mol. The Morgan fingerprint density at radius 3 is 2.48 bits per heavy atom. The van der Waals surface area contributed by atoms with Crippen LogP contribution in [0.2, 0.25) is 0 Å². The molecule has 0 radical (unpaired) electrons. The zero-order chi connectivity index (χ0) is 19.8. The van der Waals surface area contributed by atoms with Gasteiger partial charge >= 0.3 is 6.03 Å². The van der Waals surface area contributed by atoms with Gasteiger partial charge in [0.2, 0.25) is 5.91 Å². The Morgan fingerprint density at radius 1 is 1.22 bits per heavy atom. The maximum atomic E-state index is 12.7. The highest BCUT2D eigenvalue weighted by Gasteiger charge is 2.18. The fraction of sp³-hybridized carbons (Fsp3) is 0.421. The summed E-state index contributed by atoms with van der Waals surface area (Å²) in [4.78, 5) is 27.6. The van der Waals surface area contributed by atoms with E-state index < -0.39 is 0 Å². The van der Waals surface area contributed by atoms with E-state index >= 15 is 0 Å². The van der Waals surface area contributed by atoms with Crippen LogP contribution < -0.4 is 10.6 Å². The van der Waals surface area contributed by atoms with Crippen LogP contribution in [0.15, 0.2) is 39.8 Å². The van der Waals surface area contributed by atoms with Crippen LogP contribution in [-0.2, 0) is 4.79 Å². The fourth-order valence-corrected chi connectivity index (χ4v) is 2.73. The number of hydrogen-bond donors (Lipinski definition) is 2. The third kappa shape index (κ3) is 6.97. The minimum absolute atomic E-state index is 0.0621. The molecule has 7 nitrogen and oxygen atoms in total. The van der Waals surface area contributed by atoms with Gasteiger partial charge in [-0.25, -0.2) is 4.79 Å². The van der Waals surface area contributed by atoms with E-state index in [-0.39, 0.29) is 18.5 Å². The molecule has 2 N–H and O–H groups in total. The Bertz CT molecular complexity index is 759. The molecule has 8 heteroatoms. The summed E-state index contributed by atoms with van der Waals surface area (Å²) >= 11 is 1.64. The molecule has 146 valence electrons. The lowest BCUT2D eigenvalue weighted by atomic mass is 10.1. The molecule has 1 aromatic heterocycles. The molecule has 0 aliphatic heterocycles. The van der Waals surface area contributed by atoms with Crippen molar-refractivity contribution in [2.75, 3.05) is 30.0 Å². The molecule has 0 spiro atoms. The summed E-state index contributed by atoms with van der Waals surface area (Å²) < 4.78 is 4.94. The molecular weight excluding hydrogens is 364 g/mol. The number of carbonyl (C=O) groups is 2. The van der Waals surface area contributed by atoms with Crippen LogP contribution in [0.5, 0.6) is 0 Å². The van der Waals surface area contributed by atoms with Gasteiger partial charge in [0.05, 0.1) is 0 Å². The number of amides is 3. The number of aryl methyl sites for hydroxylation is 1. The molecule has 0 saturated heterocycles. The summed E-state index contributed by atoms with van der Waals surface area (Å²) in [5.74, 6) is 1.05. The van der Waals surface area contributed by atoms with E-state index in [2.05, 4.69) is 29.6 Å². The molecule has 2 aromatic rings. The average Bonchev–Trinajstić information content (AvgIpc) is 3.03. The lowest BCUT2D eigenvalue weighted by molar-refractivity contribution is -0.116. The van der Waals surface area contributed by atoms with Gasteiger partial charge in [-0.15, -0.1) is 11.8 Å².